The van der Waals surface area contributed by atoms with E-state index in [4.69, 9.17) is 9.47 Å². The van der Waals surface area contributed by atoms with E-state index in [1.54, 1.807) is 12.1 Å². The maximum absolute atomic E-state index is 11.5. The zero-order valence-electron chi connectivity index (χ0n) is 12.3. The molecular formula is C15H18N2O5. The van der Waals surface area contributed by atoms with Crippen molar-refractivity contribution in [2.75, 3.05) is 24.7 Å². The van der Waals surface area contributed by atoms with E-state index < -0.39 is 5.60 Å². The summed E-state index contributed by atoms with van der Waals surface area (Å²) in [5.74, 6) is 0.640. The van der Waals surface area contributed by atoms with E-state index in [2.05, 4.69) is 4.90 Å². The molecule has 1 aromatic carbocycles. The van der Waals surface area contributed by atoms with Crippen molar-refractivity contribution < 1.29 is 19.5 Å². The van der Waals surface area contributed by atoms with Gasteiger partial charge < -0.3 is 19.5 Å². The molecule has 2 fully saturated rings. The third-order valence-electron chi connectivity index (χ3n) is 4.82. The molecule has 7 nitrogen and oxygen atoms in total. The van der Waals surface area contributed by atoms with Crippen LogP contribution in [0.2, 0.25) is 0 Å². The van der Waals surface area contributed by atoms with Crippen LogP contribution < -0.4 is 9.64 Å². The second-order valence-corrected chi connectivity index (χ2v) is 6.59. The molecule has 0 saturated carbocycles. The van der Waals surface area contributed by atoms with E-state index in [-0.39, 0.29) is 29.4 Å². The smallest absolute Gasteiger partial charge is 0.293 e. The Kier molecular flexibility index (Phi) is 2.86. The minimum absolute atomic E-state index is 0.108. The number of ether oxygens (including phenoxy) is 2. The summed E-state index contributed by atoms with van der Waals surface area (Å²) in [6, 6.07) is 3.56. The van der Waals surface area contributed by atoms with Crippen LogP contribution in [0.15, 0.2) is 12.1 Å². The number of hydrogen-bond donors (Lipinski definition) is 1. The number of aliphatic hydroxyl groups excluding tert-OH is 1. The van der Waals surface area contributed by atoms with Crippen LogP contribution in [0, 0.1) is 10.1 Å². The predicted molar refractivity (Wildman–Crippen MR) is 78.4 cm³/mol. The number of hydrogen-bond acceptors (Lipinski definition) is 6. The summed E-state index contributed by atoms with van der Waals surface area (Å²) in [6.45, 7) is 2.99. The van der Waals surface area contributed by atoms with Gasteiger partial charge in [-0.25, -0.2) is 0 Å². The number of benzene rings is 1. The molecular weight excluding hydrogens is 288 g/mol. The summed E-state index contributed by atoms with van der Waals surface area (Å²) in [4.78, 5) is 13.2. The van der Waals surface area contributed by atoms with E-state index in [1.165, 1.54) is 0 Å². The molecule has 7 heteroatoms. The van der Waals surface area contributed by atoms with Gasteiger partial charge in [-0.3, -0.25) is 10.1 Å². The summed E-state index contributed by atoms with van der Waals surface area (Å²) in [5, 5.41) is 20.9. The van der Waals surface area contributed by atoms with Gasteiger partial charge >= 0.3 is 0 Å². The van der Waals surface area contributed by atoms with Crippen molar-refractivity contribution in [3.05, 3.63) is 27.8 Å². The third-order valence-corrected chi connectivity index (χ3v) is 4.82. The van der Waals surface area contributed by atoms with Gasteiger partial charge in [0, 0.05) is 30.7 Å². The first-order chi connectivity index (χ1) is 10.5. The fourth-order valence-electron chi connectivity index (χ4n) is 3.70. The Balaban J connectivity index is 1.76. The molecule has 1 N–H and O–H groups in total. The third kappa shape index (κ3) is 1.96. The number of fused-ring (bicyclic) bond motifs is 3. The van der Waals surface area contributed by atoms with E-state index >= 15 is 0 Å². The van der Waals surface area contributed by atoms with Gasteiger partial charge in [-0.2, -0.15) is 0 Å². The quantitative estimate of drug-likeness (QED) is 0.668. The normalized spacial score (nSPS) is 32.2. The average Bonchev–Trinajstić information content (AvgIpc) is 3.18. The molecule has 118 valence electrons. The van der Waals surface area contributed by atoms with E-state index in [0.717, 1.165) is 12.0 Å². The topological polar surface area (TPSA) is 85.1 Å². The molecule has 0 spiro atoms. The van der Waals surface area contributed by atoms with Gasteiger partial charge in [0.05, 0.1) is 30.3 Å². The predicted octanol–water partition coefficient (Wildman–Crippen LogP) is 1.26. The Morgan fingerprint density at radius 3 is 2.95 bits per heavy atom. The molecule has 0 aliphatic carbocycles. The van der Waals surface area contributed by atoms with E-state index in [0.29, 0.717) is 31.0 Å². The molecule has 1 unspecified atom stereocenters. The lowest BCUT2D eigenvalue weighted by Crippen LogP contribution is -2.37. The summed E-state index contributed by atoms with van der Waals surface area (Å²) in [5.41, 5.74) is 0.800. The first kappa shape index (κ1) is 13.8. The Bertz CT molecular complexity index is 649. The van der Waals surface area contributed by atoms with Crippen molar-refractivity contribution in [2.45, 2.75) is 37.5 Å². The van der Waals surface area contributed by atoms with Crippen molar-refractivity contribution in [3.63, 3.8) is 0 Å². The van der Waals surface area contributed by atoms with Crippen molar-refractivity contribution in [1.82, 2.24) is 0 Å². The molecule has 2 saturated heterocycles. The van der Waals surface area contributed by atoms with Crippen LogP contribution in [0.4, 0.5) is 11.4 Å². The van der Waals surface area contributed by atoms with Gasteiger partial charge in [0.15, 0.2) is 0 Å². The Morgan fingerprint density at radius 1 is 1.55 bits per heavy atom. The van der Waals surface area contributed by atoms with Gasteiger partial charge in [-0.1, -0.05) is 0 Å². The number of nitro groups is 1. The Labute approximate surface area is 127 Å². The highest BCUT2D eigenvalue weighted by Crippen LogP contribution is 2.45. The Hall–Kier alpha value is -1.86. The summed E-state index contributed by atoms with van der Waals surface area (Å²) < 4.78 is 11.4. The van der Waals surface area contributed by atoms with E-state index in [9.17, 15) is 15.2 Å². The van der Waals surface area contributed by atoms with Gasteiger partial charge in [0.2, 0.25) is 0 Å². The number of nitro benzene ring substituents is 1. The molecule has 0 aromatic heterocycles. The van der Waals surface area contributed by atoms with Gasteiger partial charge in [0.25, 0.3) is 5.69 Å². The highest BCUT2D eigenvalue weighted by molar-refractivity contribution is 5.70. The van der Waals surface area contributed by atoms with Gasteiger partial charge in [-0.05, 0) is 13.3 Å². The highest BCUT2D eigenvalue weighted by atomic mass is 16.6. The second-order valence-electron chi connectivity index (χ2n) is 6.59. The molecule has 1 aromatic rings. The standard InChI is InChI=1S/C15H18N2O5/c1-15(8-18)5-9-2-13(17(19)20)12(4-14(9)22-15)16-6-11-3-10(16)7-21-11/h2,4,10-11,18H,3,5-8H2,1H3/t10-,11-,15?/m1/s1. The zero-order valence-corrected chi connectivity index (χ0v) is 12.3. The van der Waals surface area contributed by atoms with Crippen molar-refractivity contribution in [3.8, 4) is 5.75 Å². The molecule has 3 atom stereocenters. The van der Waals surface area contributed by atoms with Gasteiger partial charge in [0.1, 0.15) is 17.0 Å². The molecule has 0 amide bonds. The maximum atomic E-state index is 11.5. The van der Waals surface area contributed by atoms with Crippen LogP contribution in [-0.4, -0.2) is 47.5 Å². The van der Waals surface area contributed by atoms with E-state index in [1.807, 2.05) is 6.92 Å². The summed E-state index contributed by atoms with van der Waals surface area (Å²) >= 11 is 0. The number of anilines is 1. The molecule has 3 aliphatic heterocycles. The molecule has 0 radical (unpaired) electrons. The monoisotopic (exact) mass is 306 g/mol. The SMILES string of the molecule is CC1(CO)Cc2cc([N+](=O)[O-])c(N3C[C@H]4C[C@@H]3CO4)cc2O1. The van der Waals surface area contributed by atoms with Crippen LogP contribution in [0.25, 0.3) is 0 Å². The van der Waals surface area contributed by atoms with Crippen molar-refractivity contribution >= 4 is 11.4 Å². The molecule has 22 heavy (non-hydrogen) atoms. The lowest BCUT2D eigenvalue weighted by Gasteiger charge is -2.28. The van der Waals surface area contributed by atoms with Crippen LogP contribution >= 0.6 is 0 Å². The Morgan fingerprint density at radius 2 is 2.36 bits per heavy atom. The fourth-order valence-corrected chi connectivity index (χ4v) is 3.70. The average molecular weight is 306 g/mol. The first-order valence-electron chi connectivity index (χ1n) is 7.48. The maximum Gasteiger partial charge on any atom is 0.293 e. The number of nitrogens with zero attached hydrogens (tertiary/aromatic N) is 2. The van der Waals surface area contributed by atoms with Crippen LogP contribution in [0.5, 0.6) is 5.75 Å². The number of morpholine rings is 1. The molecule has 3 heterocycles. The molecule has 2 bridgehead atoms. The number of aliphatic hydroxyl groups is 1. The van der Waals surface area contributed by atoms with Crippen LogP contribution in [0.1, 0.15) is 18.9 Å². The minimum atomic E-state index is -0.693. The second kappa shape index (κ2) is 4.57. The first-order valence-corrected chi connectivity index (χ1v) is 7.48. The minimum Gasteiger partial charge on any atom is -0.484 e. The van der Waals surface area contributed by atoms with Gasteiger partial charge in [-0.15, -0.1) is 0 Å². The lowest BCUT2D eigenvalue weighted by molar-refractivity contribution is -0.384. The zero-order chi connectivity index (χ0) is 15.5. The number of rotatable bonds is 3. The summed E-state index contributed by atoms with van der Waals surface area (Å²) in [6.07, 6.45) is 1.57. The van der Waals surface area contributed by atoms with Crippen LogP contribution in [0.3, 0.4) is 0 Å². The largest absolute Gasteiger partial charge is 0.484 e. The van der Waals surface area contributed by atoms with Crippen molar-refractivity contribution in [1.29, 1.82) is 0 Å². The molecule has 4 rings (SSSR count). The van der Waals surface area contributed by atoms with Crippen molar-refractivity contribution in [2.24, 2.45) is 0 Å². The lowest BCUT2D eigenvalue weighted by atomic mass is 9.99. The highest BCUT2D eigenvalue weighted by Gasteiger charge is 2.43. The molecule has 3 aliphatic rings. The fraction of sp³-hybridized carbons (Fsp3) is 0.600. The summed E-state index contributed by atoms with van der Waals surface area (Å²) in [7, 11) is 0. The van der Waals surface area contributed by atoms with Crippen LogP contribution in [-0.2, 0) is 11.2 Å².